The van der Waals surface area contributed by atoms with Crippen molar-refractivity contribution in [1.29, 1.82) is 0 Å². The number of halogens is 1. The minimum atomic E-state index is -0.531. The summed E-state index contributed by atoms with van der Waals surface area (Å²) in [5, 5.41) is 2.90. The number of nitrogens with zero attached hydrogens (tertiary/aromatic N) is 1. The lowest BCUT2D eigenvalue weighted by Crippen LogP contribution is -2.48. The van der Waals surface area contributed by atoms with Gasteiger partial charge in [-0.15, -0.1) is 11.8 Å². The highest BCUT2D eigenvalue weighted by Gasteiger charge is 2.26. The number of carbonyl (C=O) groups excluding carboxylic acids is 2. The van der Waals surface area contributed by atoms with Gasteiger partial charge in [-0.05, 0) is 50.1 Å². The second-order valence-electron chi connectivity index (χ2n) is 6.72. The Labute approximate surface area is 180 Å². The molecule has 4 nitrogen and oxygen atoms in total. The zero-order valence-electron chi connectivity index (χ0n) is 16.6. The molecule has 0 fully saturated rings. The lowest BCUT2D eigenvalue weighted by Gasteiger charge is -2.28. The fraction of sp³-hybridized carbons (Fsp3) is 0.364. The Hall–Kier alpha value is -1.79. The van der Waals surface area contributed by atoms with E-state index in [1.54, 1.807) is 11.8 Å². The van der Waals surface area contributed by atoms with E-state index in [2.05, 4.69) is 21.2 Å². The lowest BCUT2D eigenvalue weighted by molar-refractivity contribution is -0.138. The summed E-state index contributed by atoms with van der Waals surface area (Å²) >= 11 is 4.96. The Morgan fingerprint density at radius 2 is 1.89 bits per heavy atom. The lowest BCUT2D eigenvalue weighted by atomic mass is 10.1. The fourth-order valence-electron chi connectivity index (χ4n) is 2.67. The molecule has 1 N–H and O–H groups in total. The number of nitrogens with one attached hydrogen (secondary N) is 1. The van der Waals surface area contributed by atoms with Gasteiger partial charge < -0.3 is 10.2 Å². The second-order valence-corrected chi connectivity index (χ2v) is 8.68. The van der Waals surface area contributed by atoms with Crippen LogP contribution in [0.25, 0.3) is 0 Å². The van der Waals surface area contributed by atoms with Crippen molar-refractivity contribution in [2.75, 3.05) is 12.3 Å². The van der Waals surface area contributed by atoms with Crippen molar-refractivity contribution < 1.29 is 9.59 Å². The predicted octanol–water partition coefficient (Wildman–Crippen LogP) is 4.79. The Morgan fingerprint density at radius 1 is 1.18 bits per heavy atom. The molecule has 2 aromatic carbocycles. The monoisotopic (exact) mass is 462 g/mol. The van der Waals surface area contributed by atoms with E-state index < -0.39 is 6.04 Å². The molecule has 0 aromatic heterocycles. The van der Waals surface area contributed by atoms with Gasteiger partial charge in [0, 0.05) is 22.5 Å². The first-order valence-corrected chi connectivity index (χ1v) is 11.2. The van der Waals surface area contributed by atoms with E-state index in [1.165, 1.54) is 17.3 Å². The van der Waals surface area contributed by atoms with E-state index in [0.717, 1.165) is 21.4 Å². The Balaban J connectivity index is 2.12. The number of thioether (sulfide) groups is 1. The Bertz CT molecular complexity index is 795. The van der Waals surface area contributed by atoms with E-state index in [-0.39, 0.29) is 11.8 Å². The van der Waals surface area contributed by atoms with Gasteiger partial charge in [0.15, 0.2) is 0 Å². The van der Waals surface area contributed by atoms with Crippen LogP contribution < -0.4 is 5.32 Å². The Kier molecular flexibility index (Phi) is 9.06. The fourth-order valence-corrected chi connectivity index (χ4v) is 3.90. The number of aryl methyl sites for hydroxylation is 1. The number of rotatable bonds is 9. The number of benzene rings is 2. The molecule has 28 heavy (non-hydrogen) atoms. The first-order chi connectivity index (χ1) is 13.4. The third-order valence-corrected chi connectivity index (χ3v) is 5.83. The van der Waals surface area contributed by atoms with Crippen LogP contribution in [-0.4, -0.2) is 35.1 Å². The van der Waals surface area contributed by atoms with Gasteiger partial charge in [0.05, 0.1) is 5.75 Å². The van der Waals surface area contributed by atoms with Crippen LogP contribution >= 0.6 is 27.7 Å². The largest absolute Gasteiger partial charge is 0.354 e. The van der Waals surface area contributed by atoms with Gasteiger partial charge in [-0.25, -0.2) is 0 Å². The number of hydrogen-bond donors (Lipinski definition) is 1. The van der Waals surface area contributed by atoms with Crippen molar-refractivity contribution in [2.24, 2.45) is 0 Å². The summed E-state index contributed by atoms with van der Waals surface area (Å²) in [4.78, 5) is 28.2. The molecule has 150 valence electrons. The van der Waals surface area contributed by atoms with Crippen LogP contribution in [0.5, 0.6) is 0 Å². The summed E-state index contributed by atoms with van der Waals surface area (Å²) in [5.74, 6) is 0.123. The zero-order chi connectivity index (χ0) is 20.5. The van der Waals surface area contributed by atoms with E-state index in [9.17, 15) is 9.59 Å². The predicted molar refractivity (Wildman–Crippen MR) is 119 cm³/mol. The van der Waals surface area contributed by atoms with Gasteiger partial charge in [0.25, 0.3) is 0 Å². The average Bonchev–Trinajstić information content (AvgIpc) is 2.69. The van der Waals surface area contributed by atoms with Crippen LogP contribution in [0.15, 0.2) is 57.9 Å². The molecule has 2 aromatic rings. The first kappa shape index (κ1) is 22.5. The van der Waals surface area contributed by atoms with Crippen LogP contribution in [0.3, 0.4) is 0 Å². The summed E-state index contributed by atoms with van der Waals surface area (Å²) in [6, 6.07) is 15.4. The second kappa shape index (κ2) is 11.3. The molecule has 2 rings (SSSR count). The van der Waals surface area contributed by atoms with E-state index in [4.69, 9.17) is 0 Å². The van der Waals surface area contributed by atoms with Crippen molar-refractivity contribution in [3.63, 3.8) is 0 Å². The van der Waals surface area contributed by atoms with Gasteiger partial charge in [-0.2, -0.15) is 0 Å². The summed E-state index contributed by atoms with van der Waals surface area (Å²) < 4.78 is 0.953. The number of carbonyl (C=O) groups is 2. The molecular formula is C22H27BrN2O2S. The summed E-state index contributed by atoms with van der Waals surface area (Å²) in [6.07, 6.45) is 0.862. The van der Waals surface area contributed by atoms with Gasteiger partial charge in [-0.3, -0.25) is 9.59 Å². The molecule has 6 heteroatoms. The van der Waals surface area contributed by atoms with Gasteiger partial charge in [0.2, 0.25) is 11.8 Å². The molecule has 0 aliphatic heterocycles. The maximum atomic E-state index is 13.0. The van der Waals surface area contributed by atoms with Crippen LogP contribution in [-0.2, 0) is 16.1 Å². The molecule has 0 heterocycles. The van der Waals surface area contributed by atoms with Crippen LogP contribution in [0, 0.1) is 6.92 Å². The van der Waals surface area contributed by atoms with Crippen molar-refractivity contribution in [3.05, 3.63) is 64.1 Å². The highest BCUT2D eigenvalue weighted by molar-refractivity contribution is 9.10. The van der Waals surface area contributed by atoms with Gasteiger partial charge in [0.1, 0.15) is 6.04 Å². The van der Waals surface area contributed by atoms with Gasteiger partial charge in [-0.1, -0.05) is 52.7 Å². The molecule has 0 unspecified atom stereocenters. The van der Waals surface area contributed by atoms with Crippen molar-refractivity contribution in [1.82, 2.24) is 10.2 Å². The molecule has 0 spiro atoms. The highest BCUT2D eigenvalue weighted by Crippen LogP contribution is 2.21. The quantitative estimate of drug-likeness (QED) is 0.544. The molecule has 0 saturated carbocycles. The van der Waals surface area contributed by atoms with Gasteiger partial charge >= 0.3 is 0 Å². The number of amides is 2. The summed E-state index contributed by atoms with van der Waals surface area (Å²) in [6.45, 7) is 6.84. The van der Waals surface area contributed by atoms with Crippen molar-refractivity contribution in [2.45, 2.75) is 44.7 Å². The molecule has 0 aliphatic carbocycles. The van der Waals surface area contributed by atoms with Crippen molar-refractivity contribution in [3.8, 4) is 0 Å². The first-order valence-electron chi connectivity index (χ1n) is 9.41. The standard InChI is InChI=1S/C22H27BrN2O2S/c1-4-12-24-22(27)17(3)25(14-18-6-5-7-19(23)13-18)21(26)15-28-20-10-8-16(2)9-11-20/h5-11,13,17H,4,12,14-15H2,1-3H3,(H,24,27)/t17-/m0/s1. The number of hydrogen-bond acceptors (Lipinski definition) is 3. The highest BCUT2D eigenvalue weighted by atomic mass is 79.9. The van der Waals surface area contributed by atoms with Crippen LogP contribution in [0.2, 0.25) is 0 Å². The molecule has 0 bridgehead atoms. The molecule has 0 aliphatic rings. The Morgan fingerprint density at radius 3 is 2.54 bits per heavy atom. The minimum Gasteiger partial charge on any atom is -0.354 e. The zero-order valence-corrected chi connectivity index (χ0v) is 19.0. The molecule has 0 saturated heterocycles. The van der Waals surface area contributed by atoms with Crippen molar-refractivity contribution >= 4 is 39.5 Å². The van der Waals surface area contributed by atoms with E-state index >= 15 is 0 Å². The molecule has 0 radical (unpaired) electrons. The SMILES string of the molecule is CCCNC(=O)[C@H](C)N(Cc1cccc(Br)c1)C(=O)CSc1ccc(C)cc1. The maximum Gasteiger partial charge on any atom is 0.242 e. The molecule has 2 amide bonds. The van der Waals surface area contributed by atoms with Crippen LogP contribution in [0.1, 0.15) is 31.4 Å². The van der Waals surface area contributed by atoms with E-state index in [1.807, 2.05) is 62.4 Å². The third kappa shape index (κ3) is 6.99. The van der Waals surface area contributed by atoms with E-state index in [0.29, 0.717) is 18.8 Å². The smallest absolute Gasteiger partial charge is 0.242 e. The summed E-state index contributed by atoms with van der Waals surface area (Å²) in [7, 11) is 0. The average molecular weight is 463 g/mol. The normalized spacial score (nSPS) is 11.7. The minimum absolute atomic E-state index is 0.0512. The van der Waals surface area contributed by atoms with Crippen LogP contribution in [0.4, 0.5) is 0 Å². The third-order valence-electron chi connectivity index (χ3n) is 4.34. The maximum absolute atomic E-state index is 13.0. The topological polar surface area (TPSA) is 49.4 Å². The summed E-state index contributed by atoms with van der Waals surface area (Å²) in [5.41, 5.74) is 2.17. The molecule has 1 atom stereocenters. The molecular weight excluding hydrogens is 436 g/mol.